The third-order valence-electron chi connectivity index (χ3n) is 3.00. The van der Waals surface area contributed by atoms with Crippen molar-refractivity contribution in [1.82, 2.24) is 25.0 Å². The van der Waals surface area contributed by atoms with E-state index in [9.17, 15) is 18.0 Å². The van der Waals surface area contributed by atoms with Crippen molar-refractivity contribution in [1.29, 1.82) is 0 Å². The number of nitrogens with one attached hydrogen (secondary N) is 2. The highest BCUT2D eigenvalue weighted by atomic mass is 35.5. The molecule has 0 radical (unpaired) electrons. The van der Waals surface area contributed by atoms with Crippen molar-refractivity contribution >= 4 is 23.5 Å². The van der Waals surface area contributed by atoms with Gasteiger partial charge < -0.3 is 0 Å². The molecule has 0 aliphatic heterocycles. The summed E-state index contributed by atoms with van der Waals surface area (Å²) in [5.74, 6) is -1.09. The number of aromatic nitrogens is 5. The average Bonchev–Trinajstić information content (AvgIpc) is 3.16. The van der Waals surface area contributed by atoms with E-state index in [1.165, 1.54) is 24.3 Å². The lowest BCUT2D eigenvalue weighted by Crippen LogP contribution is -2.21. The average molecular weight is 357 g/mol. The van der Waals surface area contributed by atoms with Crippen LogP contribution in [0.25, 0.3) is 5.69 Å². The molecule has 0 aliphatic carbocycles. The number of nitrogens with zero attached hydrogens (tertiary/aromatic N) is 4. The Kier molecular flexibility index (Phi) is 3.97. The third kappa shape index (κ3) is 3.08. The maximum Gasteiger partial charge on any atom is 0.434 e. The van der Waals surface area contributed by atoms with Gasteiger partial charge in [-0.3, -0.25) is 10.1 Å². The number of amides is 1. The fourth-order valence-corrected chi connectivity index (χ4v) is 2.13. The van der Waals surface area contributed by atoms with E-state index in [1.807, 2.05) is 0 Å². The largest absolute Gasteiger partial charge is 0.434 e. The lowest BCUT2D eigenvalue weighted by atomic mass is 10.2. The Morgan fingerprint density at radius 3 is 2.54 bits per heavy atom. The molecule has 124 valence electrons. The first-order valence-corrected chi connectivity index (χ1v) is 6.82. The fraction of sp³-hybridized carbons (Fsp3) is 0.0769. The molecule has 2 N–H and O–H groups in total. The van der Waals surface area contributed by atoms with Gasteiger partial charge in [-0.05, 0) is 24.3 Å². The smallest absolute Gasteiger partial charge is 0.291 e. The molecule has 24 heavy (non-hydrogen) atoms. The normalized spacial score (nSPS) is 11.5. The van der Waals surface area contributed by atoms with Gasteiger partial charge >= 0.3 is 6.18 Å². The predicted molar refractivity (Wildman–Crippen MR) is 77.9 cm³/mol. The second-order valence-corrected chi connectivity index (χ2v) is 5.02. The molecule has 1 amide bonds. The molecule has 0 aliphatic rings. The van der Waals surface area contributed by atoms with Crippen LogP contribution in [0.3, 0.4) is 0 Å². The van der Waals surface area contributed by atoms with E-state index in [2.05, 4.69) is 25.6 Å². The Hall–Kier alpha value is -2.88. The van der Waals surface area contributed by atoms with Crippen molar-refractivity contribution in [2.45, 2.75) is 6.18 Å². The van der Waals surface area contributed by atoms with Gasteiger partial charge in [-0.1, -0.05) is 11.6 Å². The zero-order valence-electron chi connectivity index (χ0n) is 11.7. The number of hydrogen-bond donors (Lipinski definition) is 2. The van der Waals surface area contributed by atoms with Gasteiger partial charge in [0.2, 0.25) is 5.95 Å². The third-order valence-corrected chi connectivity index (χ3v) is 3.25. The molecule has 0 bridgehead atoms. The Morgan fingerprint density at radius 2 is 1.96 bits per heavy atom. The van der Waals surface area contributed by atoms with E-state index < -0.39 is 23.3 Å². The van der Waals surface area contributed by atoms with E-state index in [0.717, 1.165) is 12.5 Å². The molecule has 2 aromatic heterocycles. The second-order valence-electron chi connectivity index (χ2n) is 4.58. The molecule has 0 saturated carbocycles. The van der Waals surface area contributed by atoms with Crippen LogP contribution in [0.5, 0.6) is 0 Å². The topological polar surface area (TPSA) is 88.5 Å². The number of rotatable bonds is 3. The van der Waals surface area contributed by atoms with Crippen molar-refractivity contribution in [2.75, 3.05) is 5.32 Å². The minimum atomic E-state index is -4.80. The Bertz CT molecular complexity index is 857. The highest BCUT2D eigenvalue weighted by Gasteiger charge is 2.40. The number of carbonyl (C=O) groups is 1. The summed E-state index contributed by atoms with van der Waals surface area (Å²) in [5.41, 5.74) is -1.74. The number of benzene rings is 1. The van der Waals surface area contributed by atoms with E-state index >= 15 is 0 Å². The van der Waals surface area contributed by atoms with E-state index in [4.69, 9.17) is 11.6 Å². The van der Waals surface area contributed by atoms with Crippen LogP contribution in [-0.4, -0.2) is 30.9 Å². The van der Waals surface area contributed by atoms with Gasteiger partial charge in [-0.15, -0.1) is 0 Å². The van der Waals surface area contributed by atoms with Crippen LogP contribution in [0.4, 0.5) is 19.1 Å². The van der Waals surface area contributed by atoms with Crippen LogP contribution in [0.2, 0.25) is 5.02 Å². The minimum absolute atomic E-state index is 0.0765. The second kappa shape index (κ2) is 5.96. The molecular weight excluding hydrogens is 349 g/mol. The van der Waals surface area contributed by atoms with Gasteiger partial charge in [0, 0.05) is 5.02 Å². The molecule has 2 heterocycles. The van der Waals surface area contributed by atoms with E-state index in [-0.39, 0.29) is 11.6 Å². The van der Waals surface area contributed by atoms with Gasteiger partial charge in [0.1, 0.15) is 6.33 Å². The van der Waals surface area contributed by atoms with Crippen LogP contribution in [0.15, 0.2) is 36.8 Å². The molecule has 0 spiro atoms. The number of hydrogen-bond acceptors (Lipinski definition) is 4. The molecule has 0 saturated heterocycles. The molecule has 3 aromatic rings. The summed E-state index contributed by atoms with van der Waals surface area (Å²) in [7, 11) is 0. The maximum atomic E-state index is 13.4. The quantitative estimate of drug-likeness (QED) is 0.755. The molecule has 0 atom stereocenters. The first-order chi connectivity index (χ1) is 11.4. The van der Waals surface area contributed by atoms with Gasteiger partial charge in [0.15, 0.2) is 5.69 Å². The van der Waals surface area contributed by atoms with E-state index in [1.54, 1.807) is 0 Å². The van der Waals surface area contributed by atoms with Crippen molar-refractivity contribution in [3.63, 3.8) is 0 Å². The zero-order chi connectivity index (χ0) is 17.3. The fourth-order valence-electron chi connectivity index (χ4n) is 2.01. The van der Waals surface area contributed by atoms with Crippen molar-refractivity contribution in [2.24, 2.45) is 0 Å². The van der Waals surface area contributed by atoms with Crippen LogP contribution in [-0.2, 0) is 6.18 Å². The number of carbonyl (C=O) groups excluding carboxylic acids is 1. The SMILES string of the molecule is O=C(Nc1ncn[nH]1)c1cnn(-c2ccc(Cl)cc2)c1C(F)(F)F. The Labute approximate surface area is 137 Å². The predicted octanol–water partition coefficient (Wildman–Crippen LogP) is 2.91. The first-order valence-electron chi connectivity index (χ1n) is 6.44. The first kappa shape index (κ1) is 16.0. The van der Waals surface area contributed by atoms with Crippen LogP contribution < -0.4 is 5.32 Å². The number of aromatic amines is 1. The lowest BCUT2D eigenvalue weighted by molar-refractivity contribution is -0.143. The summed E-state index contributed by atoms with van der Waals surface area (Å²) >= 11 is 5.73. The molecule has 11 heteroatoms. The van der Waals surface area contributed by atoms with Gasteiger partial charge in [-0.25, -0.2) is 9.78 Å². The standard InChI is InChI=1S/C13H8ClF3N6O/c14-7-1-3-8(4-2-7)23-10(13(15,16)17)9(5-20-23)11(24)21-12-18-6-19-22-12/h1-6H,(H2,18,19,21,22,24). The van der Waals surface area contributed by atoms with E-state index in [0.29, 0.717) is 9.70 Å². The van der Waals surface area contributed by atoms with Crippen molar-refractivity contribution in [3.05, 3.63) is 53.1 Å². The lowest BCUT2D eigenvalue weighted by Gasteiger charge is -2.12. The monoisotopic (exact) mass is 356 g/mol. The molecule has 1 aromatic carbocycles. The maximum absolute atomic E-state index is 13.4. The van der Waals surface area contributed by atoms with Gasteiger partial charge in [0.05, 0.1) is 17.4 Å². The summed E-state index contributed by atoms with van der Waals surface area (Å²) in [6.45, 7) is 0. The van der Waals surface area contributed by atoms with Crippen molar-refractivity contribution < 1.29 is 18.0 Å². The summed E-state index contributed by atoms with van der Waals surface area (Å²) in [5, 5.41) is 12.0. The van der Waals surface area contributed by atoms with Gasteiger partial charge in [0.25, 0.3) is 5.91 Å². The molecule has 0 fully saturated rings. The van der Waals surface area contributed by atoms with Crippen LogP contribution in [0.1, 0.15) is 16.1 Å². The Morgan fingerprint density at radius 1 is 1.25 bits per heavy atom. The number of halogens is 4. The summed E-state index contributed by atoms with van der Waals surface area (Å²) in [6.07, 6.45) is -2.86. The van der Waals surface area contributed by atoms with Gasteiger partial charge in [-0.2, -0.15) is 28.4 Å². The van der Waals surface area contributed by atoms with Crippen LogP contribution in [0, 0.1) is 0 Å². The van der Waals surface area contributed by atoms with Crippen LogP contribution >= 0.6 is 11.6 Å². The Balaban J connectivity index is 2.04. The number of anilines is 1. The number of H-pyrrole nitrogens is 1. The zero-order valence-corrected chi connectivity index (χ0v) is 12.4. The molecule has 3 rings (SSSR count). The summed E-state index contributed by atoms with van der Waals surface area (Å²) < 4.78 is 41.0. The highest BCUT2D eigenvalue weighted by molar-refractivity contribution is 6.30. The summed E-state index contributed by atoms with van der Waals surface area (Å²) in [4.78, 5) is 15.7. The minimum Gasteiger partial charge on any atom is -0.291 e. The van der Waals surface area contributed by atoms with Crippen molar-refractivity contribution in [3.8, 4) is 5.69 Å². The summed E-state index contributed by atoms with van der Waals surface area (Å²) in [6, 6.07) is 5.57. The number of alkyl halides is 3. The molecule has 0 unspecified atom stereocenters. The molecular formula is C13H8ClF3N6O. The highest BCUT2D eigenvalue weighted by Crippen LogP contribution is 2.34. The molecule has 7 nitrogen and oxygen atoms in total.